The van der Waals surface area contributed by atoms with Crippen molar-refractivity contribution in [3.63, 3.8) is 0 Å². The van der Waals surface area contributed by atoms with Crippen LogP contribution in [0, 0.1) is 0 Å². The van der Waals surface area contributed by atoms with E-state index in [1.54, 1.807) is 27.5 Å². The van der Waals surface area contributed by atoms with Crippen LogP contribution in [0.3, 0.4) is 0 Å². The van der Waals surface area contributed by atoms with Gasteiger partial charge in [0.25, 0.3) is 0 Å². The zero-order chi connectivity index (χ0) is 29.3. The van der Waals surface area contributed by atoms with Crippen molar-refractivity contribution in [2.45, 2.75) is 40.5 Å². The van der Waals surface area contributed by atoms with E-state index in [0.29, 0.717) is 7.25 Å². The van der Waals surface area contributed by atoms with E-state index >= 15 is 0 Å². The van der Waals surface area contributed by atoms with Crippen molar-refractivity contribution < 1.29 is 20.4 Å². The molecule has 210 valence electrons. The zero-order valence-corrected chi connectivity index (χ0v) is 28.8. The molecule has 0 radical (unpaired) electrons. The van der Waals surface area contributed by atoms with Crippen molar-refractivity contribution >= 4 is 22.8 Å². The van der Waals surface area contributed by atoms with Crippen molar-refractivity contribution in [2.75, 3.05) is 0 Å². The van der Waals surface area contributed by atoms with Gasteiger partial charge in [-0.3, -0.25) is 0 Å². The van der Waals surface area contributed by atoms with Crippen molar-refractivity contribution in [3.8, 4) is 22.3 Å². The summed E-state index contributed by atoms with van der Waals surface area (Å²) in [4.78, 5) is 0. The topological polar surface area (TPSA) is 0 Å². The molecule has 2 aliphatic carbocycles. The molecule has 7 rings (SSSR count). The molecule has 0 heterocycles. The minimum atomic E-state index is -2.40. The summed E-state index contributed by atoms with van der Waals surface area (Å²) in [5.41, 5.74) is 14.2. The van der Waals surface area contributed by atoms with Crippen molar-refractivity contribution in [1.29, 1.82) is 0 Å². The maximum atomic E-state index is 2.67. The second-order valence-electron chi connectivity index (χ2n) is 11.8. The molecule has 0 N–H and O–H groups in total. The molecule has 0 aromatic heterocycles. The molecule has 2 unspecified atom stereocenters. The third-order valence-electron chi connectivity index (χ3n) is 9.55. The van der Waals surface area contributed by atoms with Gasteiger partial charge in [0, 0.05) is 0 Å². The van der Waals surface area contributed by atoms with E-state index in [1.165, 1.54) is 33.4 Å². The summed E-state index contributed by atoms with van der Waals surface area (Å²) in [5.74, 6) is 0. The van der Waals surface area contributed by atoms with Crippen molar-refractivity contribution in [3.05, 3.63) is 161 Å². The van der Waals surface area contributed by atoms with Gasteiger partial charge in [0.05, 0.1) is 0 Å². The fourth-order valence-electron chi connectivity index (χ4n) is 7.47. The van der Waals surface area contributed by atoms with Crippen LogP contribution in [0.4, 0.5) is 0 Å². The Kier molecular flexibility index (Phi) is 8.17. The first kappa shape index (κ1) is 28.5. The van der Waals surface area contributed by atoms with Gasteiger partial charge in [-0.05, 0) is 0 Å². The predicted octanol–water partition coefficient (Wildman–Crippen LogP) is 10.6. The fraction of sp³-hybridized carbons (Fsp3) is 0.171. The summed E-state index contributed by atoms with van der Waals surface area (Å²) in [6.07, 6.45) is 7.45. The standard InChI is InChI=1S/2C17H15.C7H8Si.Zr/c2*1-2-13-11-15-9-6-10-16(17(15)12-13)14-7-4-3-5-8-14;1-8-7-5-3-2-4-6-7;/h2*3-12H,2H2,1H3;2-6H,1H3;. The van der Waals surface area contributed by atoms with Gasteiger partial charge in [0.1, 0.15) is 0 Å². The van der Waals surface area contributed by atoms with E-state index in [9.17, 15) is 0 Å². The number of benzene rings is 5. The summed E-state index contributed by atoms with van der Waals surface area (Å²) in [7, 11) is 0. The Hall–Kier alpha value is -3.32. The van der Waals surface area contributed by atoms with E-state index in [-0.39, 0.29) is 0 Å². The fourth-order valence-corrected chi connectivity index (χ4v) is 30.5. The van der Waals surface area contributed by atoms with Crippen LogP contribution >= 0.6 is 0 Å². The van der Waals surface area contributed by atoms with Crippen LogP contribution < -0.4 is 5.19 Å². The number of allylic oxidation sites excluding steroid dienone is 2. The Morgan fingerprint density at radius 3 is 1.35 bits per heavy atom. The van der Waals surface area contributed by atoms with E-state index in [4.69, 9.17) is 0 Å². The van der Waals surface area contributed by atoms with Crippen LogP contribution in [-0.4, -0.2) is 5.43 Å². The molecule has 0 nitrogen and oxygen atoms in total. The van der Waals surface area contributed by atoms with Gasteiger partial charge in [-0.25, -0.2) is 0 Å². The number of hydrogen-bond acceptors (Lipinski definition) is 0. The molecular weight excluding hydrogens is 612 g/mol. The molecular formula is C41H38SiZr. The number of fused-ring (bicyclic) bond motifs is 2. The Balaban J connectivity index is 1.48. The van der Waals surface area contributed by atoms with Gasteiger partial charge < -0.3 is 0 Å². The molecule has 0 amide bonds. The van der Waals surface area contributed by atoms with Crippen LogP contribution in [0.1, 0.15) is 56.2 Å². The Morgan fingerprint density at radius 1 is 0.512 bits per heavy atom. The zero-order valence-electron chi connectivity index (χ0n) is 25.3. The summed E-state index contributed by atoms with van der Waals surface area (Å²) in [6, 6.07) is 48.0. The van der Waals surface area contributed by atoms with Crippen molar-refractivity contribution in [2.24, 2.45) is 0 Å². The average molecular weight is 650 g/mol. The molecule has 43 heavy (non-hydrogen) atoms. The van der Waals surface area contributed by atoms with Crippen LogP contribution in [-0.2, 0) is 20.4 Å². The Labute approximate surface area is 265 Å². The van der Waals surface area contributed by atoms with Crippen LogP contribution in [0.2, 0.25) is 6.55 Å². The first-order valence-electron chi connectivity index (χ1n) is 15.7. The minimum absolute atomic E-state index is 0.594. The molecule has 5 aromatic carbocycles. The van der Waals surface area contributed by atoms with Gasteiger partial charge in [0.15, 0.2) is 0 Å². The molecule has 2 atom stereocenters. The first-order chi connectivity index (χ1) is 21.2. The monoisotopic (exact) mass is 648 g/mol. The Bertz CT molecular complexity index is 1770. The molecule has 0 spiro atoms. The average Bonchev–Trinajstić information content (AvgIpc) is 3.65. The van der Waals surface area contributed by atoms with Crippen LogP contribution in [0.5, 0.6) is 0 Å². The summed E-state index contributed by atoms with van der Waals surface area (Å²) in [5, 5.41) is 1.62. The molecule has 5 aromatic rings. The van der Waals surface area contributed by atoms with Gasteiger partial charge in [0.2, 0.25) is 0 Å². The summed E-state index contributed by atoms with van der Waals surface area (Å²) < 4.78 is 1.19. The van der Waals surface area contributed by atoms with Crippen molar-refractivity contribution in [1.82, 2.24) is 0 Å². The van der Waals surface area contributed by atoms with Gasteiger partial charge in [-0.2, -0.15) is 0 Å². The second-order valence-corrected chi connectivity index (χ2v) is 27.7. The van der Waals surface area contributed by atoms with E-state index in [2.05, 4.69) is 160 Å². The quantitative estimate of drug-likeness (QED) is 0.154. The van der Waals surface area contributed by atoms with E-state index < -0.39 is 25.8 Å². The SMILES string of the molecule is CCC1=Cc2c(-c3ccccc3)cccc2[CH]1[Zr]([CH]1C(CC)=Cc2c(-c3ccccc3)cccc21)=[Si](C)c1ccccc1. The van der Waals surface area contributed by atoms with Crippen LogP contribution in [0.15, 0.2) is 139 Å². The van der Waals surface area contributed by atoms with E-state index in [1.807, 2.05) is 0 Å². The van der Waals surface area contributed by atoms with E-state index in [0.717, 1.165) is 12.8 Å². The molecule has 0 bridgehead atoms. The summed E-state index contributed by atoms with van der Waals surface area (Å²) in [6.45, 7) is 7.46. The molecule has 0 aliphatic heterocycles. The third kappa shape index (κ3) is 5.13. The molecule has 2 aliphatic rings. The molecule has 0 saturated carbocycles. The predicted molar refractivity (Wildman–Crippen MR) is 183 cm³/mol. The molecule has 0 fully saturated rings. The normalized spacial score (nSPS) is 16.7. The van der Waals surface area contributed by atoms with Gasteiger partial charge >= 0.3 is 267 Å². The number of hydrogen-bond donors (Lipinski definition) is 0. The third-order valence-corrected chi connectivity index (χ3v) is 30.0. The molecule has 0 saturated heterocycles. The van der Waals surface area contributed by atoms with Crippen LogP contribution in [0.25, 0.3) is 34.4 Å². The van der Waals surface area contributed by atoms with Gasteiger partial charge in [-0.15, -0.1) is 0 Å². The first-order valence-corrected chi connectivity index (χ1v) is 24.3. The number of rotatable bonds is 7. The Morgan fingerprint density at radius 2 is 0.930 bits per heavy atom. The van der Waals surface area contributed by atoms with Gasteiger partial charge in [-0.1, -0.05) is 0 Å². The molecule has 2 heteroatoms. The second kappa shape index (κ2) is 12.4. The maximum absolute atomic E-state index is 2.67. The summed E-state index contributed by atoms with van der Waals surface area (Å²) >= 11 is -2.40.